The van der Waals surface area contributed by atoms with Crippen molar-refractivity contribution in [2.75, 3.05) is 27.9 Å². The fraction of sp³-hybridized carbons (Fsp3) is 0.333. The summed E-state index contributed by atoms with van der Waals surface area (Å²) in [6.45, 7) is 1.11. The van der Waals surface area contributed by atoms with E-state index in [1.807, 2.05) is 0 Å². The Hall–Kier alpha value is -2.50. The van der Waals surface area contributed by atoms with Crippen LogP contribution in [0, 0.1) is 0 Å². The van der Waals surface area contributed by atoms with E-state index < -0.39 is 5.97 Å². The molecule has 6 heteroatoms. The van der Waals surface area contributed by atoms with Crippen LogP contribution in [-0.4, -0.2) is 39.7 Å². The molecule has 21 heavy (non-hydrogen) atoms. The molecular weight excluding hydrogens is 276 g/mol. The van der Waals surface area contributed by atoms with Crippen LogP contribution >= 0.6 is 0 Å². The van der Waals surface area contributed by atoms with Crippen LogP contribution in [0.4, 0.5) is 0 Å². The van der Waals surface area contributed by atoms with Gasteiger partial charge in [0.1, 0.15) is 6.61 Å². The van der Waals surface area contributed by atoms with E-state index in [9.17, 15) is 9.59 Å². The SMILES string of the molecule is COc1cc(/C=C/C(=O)OCC(C)=O)cc(OC)c1OC. The number of ether oxygens (including phenoxy) is 4. The van der Waals surface area contributed by atoms with Crippen LogP contribution in [0.3, 0.4) is 0 Å². The minimum Gasteiger partial charge on any atom is -0.493 e. The van der Waals surface area contributed by atoms with E-state index in [2.05, 4.69) is 0 Å². The number of carbonyl (C=O) groups is 2. The molecule has 0 unspecified atom stereocenters. The lowest BCUT2D eigenvalue weighted by atomic mass is 10.1. The molecule has 0 N–H and O–H groups in total. The van der Waals surface area contributed by atoms with Crippen molar-refractivity contribution in [3.8, 4) is 17.2 Å². The van der Waals surface area contributed by atoms with Crippen LogP contribution in [0.25, 0.3) is 6.08 Å². The van der Waals surface area contributed by atoms with E-state index in [-0.39, 0.29) is 12.4 Å². The van der Waals surface area contributed by atoms with Crippen molar-refractivity contribution in [1.29, 1.82) is 0 Å². The molecule has 0 bridgehead atoms. The number of methoxy groups -OCH3 is 3. The van der Waals surface area contributed by atoms with Crippen molar-refractivity contribution < 1.29 is 28.5 Å². The zero-order valence-electron chi connectivity index (χ0n) is 12.5. The van der Waals surface area contributed by atoms with Crippen LogP contribution < -0.4 is 14.2 Å². The summed E-state index contributed by atoms with van der Waals surface area (Å²) in [5.74, 6) is 0.613. The second-order valence-electron chi connectivity index (χ2n) is 4.10. The maximum absolute atomic E-state index is 11.4. The van der Waals surface area contributed by atoms with Crippen molar-refractivity contribution in [1.82, 2.24) is 0 Å². The van der Waals surface area contributed by atoms with Gasteiger partial charge in [-0.1, -0.05) is 0 Å². The van der Waals surface area contributed by atoms with Gasteiger partial charge in [-0.15, -0.1) is 0 Å². The van der Waals surface area contributed by atoms with Gasteiger partial charge < -0.3 is 18.9 Å². The number of carbonyl (C=O) groups excluding carboxylic acids is 2. The van der Waals surface area contributed by atoms with E-state index in [0.29, 0.717) is 22.8 Å². The number of rotatable bonds is 7. The number of esters is 1. The molecule has 1 aromatic rings. The molecule has 0 atom stereocenters. The number of benzene rings is 1. The summed E-state index contributed by atoms with van der Waals surface area (Å²) < 4.78 is 20.3. The average Bonchev–Trinajstić information content (AvgIpc) is 2.49. The van der Waals surface area contributed by atoms with Gasteiger partial charge in [0, 0.05) is 6.08 Å². The normalized spacial score (nSPS) is 10.3. The second kappa shape index (κ2) is 7.94. The number of hydrogen-bond acceptors (Lipinski definition) is 6. The van der Waals surface area contributed by atoms with Gasteiger partial charge in [-0.25, -0.2) is 4.79 Å². The minimum atomic E-state index is -0.598. The summed E-state index contributed by atoms with van der Waals surface area (Å²) in [6, 6.07) is 3.38. The largest absolute Gasteiger partial charge is 0.493 e. The summed E-state index contributed by atoms with van der Waals surface area (Å²) >= 11 is 0. The number of hydrogen-bond donors (Lipinski definition) is 0. The molecule has 0 aliphatic rings. The fourth-order valence-corrected chi connectivity index (χ4v) is 1.58. The van der Waals surface area contributed by atoms with Crippen LogP contribution in [0.2, 0.25) is 0 Å². The molecule has 0 heterocycles. The van der Waals surface area contributed by atoms with E-state index in [1.54, 1.807) is 12.1 Å². The fourth-order valence-electron chi connectivity index (χ4n) is 1.58. The highest BCUT2D eigenvalue weighted by Crippen LogP contribution is 2.38. The Kier molecular flexibility index (Phi) is 6.26. The monoisotopic (exact) mass is 294 g/mol. The van der Waals surface area contributed by atoms with Crippen LogP contribution in [0.5, 0.6) is 17.2 Å². The first-order valence-electron chi connectivity index (χ1n) is 6.16. The van der Waals surface area contributed by atoms with E-state index >= 15 is 0 Å². The molecule has 114 valence electrons. The second-order valence-corrected chi connectivity index (χ2v) is 4.10. The quantitative estimate of drug-likeness (QED) is 0.564. The summed E-state index contributed by atoms with van der Waals surface area (Å²) in [4.78, 5) is 22.1. The average molecular weight is 294 g/mol. The Bertz CT molecular complexity index is 522. The van der Waals surface area contributed by atoms with Crippen LogP contribution in [0.1, 0.15) is 12.5 Å². The topological polar surface area (TPSA) is 71.1 Å². The Labute approximate surface area is 123 Å². The molecule has 1 rings (SSSR count). The van der Waals surface area contributed by atoms with Gasteiger partial charge in [0.15, 0.2) is 17.3 Å². The molecule has 0 saturated heterocycles. The van der Waals surface area contributed by atoms with E-state index in [1.165, 1.54) is 40.4 Å². The van der Waals surface area contributed by atoms with E-state index in [0.717, 1.165) is 0 Å². The highest BCUT2D eigenvalue weighted by atomic mass is 16.5. The number of ketones is 1. The first-order valence-corrected chi connectivity index (χ1v) is 6.16. The molecule has 0 saturated carbocycles. The van der Waals surface area contributed by atoms with Crippen molar-refractivity contribution in [3.63, 3.8) is 0 Å². The molecular formula is C15H18O6. The predicted octanol–water partition coefficient (Wildman–Crippen LogP) is 1.86. The van der Waals surface area contributed by atoms with Crippen molar-refractivity contribution >= 4 is 17.8 Å². The molecule has 1 aromatic carbocycles. The highest BCUT2D eigenvalue weighted by molar-refractivity contribution is 5.89. The number of Topliss-reactive ketones (excluding diaryl/α,β-unsaturated/α-hetero) is 1. The minimum absolute atomic E-state index is 0.218. The summed E-state index contributed by atoms with van der Waals surface area (Å²) in [5, 5.41) is 0. The Morgan fingerprint density at radius 1 is 1.05 bits per heavy atom. The maximum atomic E-state index is 11.4. The van der Waals surface area contributed by atoms with Gasteiger partial charge in [-0.05, 0) is 30.7 Å². The third-order valence-electron chi connectivity index (χ3n) is 2.52. The third-order valence-corrected chi connectivity index (χ3v) is 2.52. The van der Waals surface area contributed by atoms with Gasteiger partial charge in [0.05, 0.1) is 21.3 Å². The van der Waals surface area contributed by atoms with E-state index in [4.69, 9.17) is 18.9 Å². The Morgan fingerprint density at radius 2 is 1.62 bits per heavy atom. The van der Waals surface area contributed by atoms with Crippen molar-refractivity contribution in [3.05, 3.63) is 23.8 Å². The lowest BCUT2D eigenvalue weighted by Crippen LogP contribution is -2.08. The summed E-state index contributed by atoms with van der Waals surface area (Å²) in [5.41, 5.74) is 0.671. The molecule has 0 aliphatic carbocycles. The van der Waals surface area contributed by atoms with Crippen LogP contribution in [0.15, 0.2) is 18.2 Å². The molecule has 0 aromatic heterocycles. The van der Waals surface area contributed by atoms with Gasteiger partial charge in [-0.3, -0.25) is 4.79 Å². The Morgan fingerprint density at radius 3 is 2.05 bits per heavy atom. The molecule has 0 aliphatic heterocycles. The zero-order valence-corrected chi connectivity index (χ0v) is 12.5. The molecule has 6 nitrogen and oxygen atoms in total. The van der Waals surface area contributed by atoms with Crippen molar-refractivity contribution in [2.24, 2.45) is 0 Å². The smallest absolute Gasteiger partial charge is 0.331 e. The first kappa shape index (κ1) is 16.6. The van der Waals surface area contributed by atoms with Gasteiger partial charge in [-0.2, -0.15) is 0 Å². The Balaban J connectivity index is 2.93. The lowest BCUT2D eigenvalue weighted by Gasteiger charge is -2.12. The maximum Gasteiger partial charge on any atom is 0.331 e. The first-order chi connectivity index (χ1) is 10.0. The summed E-state index contributed by atoms with van der Waals surface area (Å²) in [7, 11) is 4.52. The molecule has 0 amide bonds. The van der Waals surface area contributed by atoms with Crippen molar-refractivity contribution in [2.45, 2.75) is 6.92 Å². The molecule has 0 radical (unpaired) electrons. The van der Waals surface area contributed by atoms with Gasteiger partial charge >= 0.3 is 5.97 Å². The van der Waals surface area contributed by atoms with Crippen LogP contribution in [-0.2, 0) is 14.3 Å². The third kappa shape index (κ3) is 4.83. The zero-order chi connectivity index (χ0) is 15.8. The predicted molar refractivity (Wildman–Crippen MR) is 76.8 cm³/mol. The lowest BCUT2D eigenvalue weighted by molar-refractivity contribution is -0.142. The summed E-state index contributed by atoms with van der Waals surface area (Å²) in [6.07, 6.45) is 2.76. The standard InChI is InChI=1S/C15H18O6/c1-10(16)9-21-14(17)6-5-11-7-12(18-2)15(20-4)13(8-11)19-3/h5-8H,9H2,1-4H3/b6-5+. The molecule has 0 fully saturated rings. The molecule has 0 spiro atoms. The highest BCUT2D eigenvalue weighted by Gasteiger charge is 2.12. The van der Waals surface area contributed by atoms with Gasteiger partial charge in [0.25, 0.3) is 0 Å². The van der Waals surface area contributed by atoms with Gasteiger partial charge in [0.2, 0.25) is 5.75 Å².